The van der Waals surface area contributed by atoms with Crippen molar-refractivity contribution in [1.29, 1.82) is 0 Å². The second kappa shape index (κ2) is 19.7. The summed E-state index contributed by atoms with van der Waals surface area (Å²) in [7, 11) is -2.91. The Morgan fingerprint density at radius 2 is 0.700 bits per heavy atom. The third-order valence-electron chi connectivity index (χ3n) is 16.8. The van der Waals surface area contributed by atoms with Crippen LogP contribution in [0.5, 0.6) is 23.0 Å². The van der Waals surface area contributed by atoms with Crippen LogP contribution in [0.4, 0.5) is 0 Å². The predicted octanol–water partition coefficient (Wildman–Crippen LogP) is 15.0. The van der Waals surface area contributed by atoms with Gasteiger partial charge in [0.1, 0.15) is 23.0 Å². The lowest BCUT2D eigenvalue weighted by molar-refractivity contribution is 0.467. The Hall–Kier alpha value is -7.99. The van der Waals surface area contributed by atoms with E-state index in [2.05, 4.69) is 302 Å². The van der Waals surface area contributed by atoms with Crippen LogP contribution in [0.3, 0.4) is 0 Å². The molecule has 2 aliphatic heterocycles. The average molecular weight is 1060 g/mol. The number of fused-ring (bicyclic) bond motifs is 4. The molecule has 0 spiro atoms. The first-order valence-corrected chi connectivity index (χ1v) is 30.5. The normalized spacial score (nSPS) is 13.2. The summed E-state index contributed by atoms with van der Waals surface area (Å²) in [6.07, 6.45) is 2.09. The Morgan fingerprint density at radius 1 is 0.338 bits per heavy atom. The zero-order chi connectivity index (χ0) is 55.9. The molecule has 9 aromatic carbocycles. The van der Waals surface area contributed by atoms with Gasteiger partial charge in [0.05, 0.1) is 0 Å². The zero-order valence-corrected chi connectivity index (χ0v) is 49.6. The van der Waals surface area contributed by atoms with E-state index < -0.39 is 8.07 Å². The number of pyridine rings is 1. The largest absolute Gasteiger partial charge is 0.458 e. The van der Waals surface area contributed by atoms with Crippen molar-refractivity contribution in [2.75, 3.05) is 0 Å². The second-order valence-electron chi connectivity index (χ2n) is 26.4. The van der Waals surface area contributed by atoms with Crippen LogP contribution >= 0.6 is 0 Å². The van der Waals surface area contributed by atoms with E-state index >= 15 is 0 Å². The number of hydrogen-bond acceptors (Lipinski definition) is 3. The van der Waals surface area contributed by atoms with E-state index in [9.17, 15) is 0 Å². The van der Waals surface area contributed by atoms with Gasteiger partial charge in [0.2, 0.25) is 8.07 Å². The molecule has 12 rings (SSSR count). The highest BCUT2D eigenvalue weighted by molar-refractivity contribution is 7.19. The lowest BCUT2D eigenvalue weighted by Crippen LogP contribution is -2.75. The number of rotatable bonds is 8. The lowest BCUT2D eigenvalue weighted by atomic mass is 9.34. The fourth-order valence-electron chi connectivity index (χ4n) is 12.1. The van der Waals surface area contributed by atoms with Crippen LogP contribution in [0.25, 0.3) is 44.5 Å². The summed E-state index contributed by atoms with van der Waals surface area (Å²) >= 11 is 0. The maximum absolute atomic E-state index is 7.56. The predicted molar refractivity (Wildman–Crippen MR) is 342 cm³/mol. The highest BCUT2D eigenvalue weighted by Gasteiger charge is 2.45. The van der Waals surface area contributed by atoms with Crippen molar-refractivity contribution < 1.29 is 9.47 Å². The molecule has 2 aliphatic rings. The lowest BCUT2D eigenvalue weighted by Gasteiger charge is -2.36. The number of benzene rings is 9. The van der Waals surface area contributed by atoms with Crippen LogP contribution in [-0.4, -0.2) is 19.8 Å². The van der Waals surface area contributed by atoms with Gasteiger partial charge in [0.15, 0.2) is 0 Å². The molecule has 0 atom stereocenters. The molecule has 80 heavy (non-hydrogen) atoms. The summed E-state index contributed by atoms with van der Waals surface area (Å²) in [6, 6.07) is 78.8. The Bertz CT molecular complexity index is 3780. The summed E-state index contributed by atoms with van der Waals surface area (Å²) < 4.78 is 15.0. The van der Waals surface area contributed by atoms with Gasteiger partial charge in [0, 0.05) is 33.7 Å². The van der Waals surface area contributed by atoms with Gasteiger partial charge in [-0.15, -0.1) is 0 Å². The van der Waals surface area contributed by atoms with Gasteiger partial charge in [-0.2, -0.15) is 0 Å². The third-order valence-corrected chi connectivity index (χ3v) is 21.5. The van der Waals surface area contributed by atoms with Gasteiger partial charge < -0.3 is 9.47 Å². The molecular formula is C75H72BNO2Si. The quantitative estimate of drug-likeness (QED) is 0.112. The molecule has 0 saturated heterocycles. The van der Waals surface area contributed by atoms with Crippen LogP contribution in [0, 0.1) is 0 Å². The maximum Gasteiger partial charge on any atom is 0.260 e. The summed E-state index contributed by atoms with van der Waals surface area (Å²) in [4.78, 5) is 5.63. The number of ether oxygens (including phenoxy) is 2. The molecule has 0 N–H and O–H groups in total. The molecule has 10 aromatic rings. The van der Waals surface area contributed by atoms with Crippen LogP contribution < -0.4 is 46.7 Å². The molecule has 0 radical (unpaired) electrons. The summed E-state index contributed by atoms with van der Waals surface area (Å²) in [5.74, 6) is 3.31. The smallest absolute Gasteiger partial charge is 0.260 e. The average Bonchev–Trinajstić information content (AvgIpc) is 2.18. The van der Waals surface area contributed by atoms with Crippen LogP contribution in [-0.2, 0) is 21.7 Å². The van der Waals surface area contributed by atoms with E-state index in [1.807, 2.05) is 0 Å². The maximum atomic E-state index is 7.56. The van der Waals surface area contributed by atoms with Crippen LogP contribution in [0.15, 0.2) is 219 Å². The fraction of sp³-hybridized carbons (Fsp3) is 0.213. The van der Waals surface area contributed by atoms with Crippen LogP contribution in [0.2, 0.25) is 0 Å². The van der Waals surface area contributed by atoms with Gasteiger partial charge in [-0.1, -0.05) is 271 Å². The molecule has 5 heteroatoms. The molecule has 3 nitrogen and oxygen atoms in total. The standard InChI is InChI=1S/C75H72BNO2Si/c1-72(2,3)55-39-53(40-56(45-55)73(4,5)6)50-33-36-64-66(43-50)78-70-62(49-25-17-13-18-26-49)47-63(52-35-38-68(77-48-52)80(59-27-19-14-20-28-59,60-29-21-15-22-30-60)61-31-23-16-24-32-61)71-69(70)76(64)65-37-34-51(44-67(65)79-71)54-41-57(74(7,8)9)46-58(42-54)75(10,11)12/h13-48H,1-12H3. The first kappa shape index (κ1) is 52.7. The zero-order valence-electron chi connectivity index (χ0n) is 48.6. The molecule has 0 fully saturated rings. The van der Waals surface area contributed by atoms with E-state index in [0.717, 1.165) is 78.1 Å². The summed E-state index contributed by atoms with van der Waals surface area (Å²) in [5, 5.41) is 4.91. The van der Waals surface area contributed by atoms with Gasteiger partial charge in [-0.25, -0.2) is 0 Å². The molecule has 0 amide bonds. The van der Waals surface area contributed by atoms with Crippen LogP contribution in [0.1, 0.15) is 105 Å². The summed E-state index contributed by atoms with van der Waals surface area (Å²) in [6.45, 7) is 27.5. The fourth-order valence-corrected chi connectivity index (χ4v) is 16.6. The number of nitrogens with zero attached hydrogens (tertiary/aromatic N) is 1. The second-order valence-corrected chi connectivity index (χ2v) is 30.2. The van der Waals surface area contributed by atoms with Gasteiger partial charge in [-0.05, 0) is 122 Å². The highest BCUT2D eigenvalue weighted by Crippen LogP contribution is 2.47. The van der Waals surface area contributed by atoms with E-state index in [-0.39, 0.29) is 28.4 Å². The monoisotopic (exact) mass is 1060 g/mol. The van der Waals surface area contributed by atoms with Gasteiger partial charge >= 0.3 is 0 Å². The van der Waals surface area contributed by atoms with Crippen molar-refractivity contribution in [3.05, 3.63) is 241 Å². The van der Waals surface area contributed by atoms with Crippen molar-refractivity contribution >= 4 is 52.1 Å². The van der Waals surface area contributed by atoms with Crippen molar-refractivity contribution in [2.24, 2.45) is 0 Å². The molecule has 396 valence electrons. The summed E-state index contributed by atoms with van der Waals surface area (Å²) in [5.41, 5.74) is 17.0. The van der Waals surface area contributed by atoms with E-state index in [1.165, 1.54) is 48.9 Å². The minimum absolute atomic E-state index is 0.0298. The van der Waals surface area contributed by atoms with Gasteiger partial charge in [-0.3, -0.25) is 4.98 Å². The van der Waals surface area contributed by atoms with Crippen molar-refractivity contribution in [3.8, 4) is 67.5 Å². The van der Waals surface area contributed by atoms with E-state index in [0.29, 0.717) is 0 Å². The topological polar surface area (TPSA) is 31.4 Å². The minimum Gasteiger partial charge on any atom is -0.458 e. The Kier molecular flexibility index (Phi) is 13.0. The Balaban J connectivity index is 1.10. The molecule has 1 aromatic heterocycles. The first-order chi connectivity index (χ1) is 38.2. The van der Waals surface area contributed by atoms with E-state index in [1.54, 1.807) is 0 Å². The Morgan fingerprint density at radius 3 is 1.06 bits per heavy atom. The van der Waals surface area contributed by atoms with Crippen molar-refractivity contribution in [3.63, 3.8) is 0 Å². The highest BCUT2D eigenvalue weighted by atomic mass is 28.3. The SMILES string of the molecule is CC(C)(C)c1cc(-c2ccc3c(c2)Oc2c(-c4ccccc4)cc(-c4ccc([Si](c5ccccc5)(c5ccccc5)c5ccccc5)nc4)c4c2B3c2ccc(-c3cc(C(C)(C)C)cc(C(C)(C)C)c3)cc2O4)cc(C(C)(C)C)c1. The van der Waals surface area contributed by atoms with E-state index in [4.69, 9.17) is 14.5 Å². The molecule has 0 unspecified atom stereocenters. The van der Waals surface area contributed by atoms with Gasteiger partial charge in [0.25, 0.3) is 6.71 Å². The number of aromatic nitrogens is 1. The van der Waals surface area contributed by atoms with Crippen molar-refractivity contribution in [1.82, 2.24) is 4.98 Å². The Labute approximate surface area is 476 Å². The third kappa shape index (κ3) is 9.43. The first-order valence-electron chi connectivity index (χ1n) is 28.5. The molecule has 0 bridgehead atoms. The molecular weight excluding hydrogens is 986 g/mol. The molecule has 0 aliphatic carbocycles. The molecule has 0 saturated carbocycles. The minimum atomic E-state index is -2.91. The molecule has 3 heterocycles. The van der Waals surface area contributed by atoms with Crippen molar-refractivity contribution in [2.45, 2.75) is 105 Å². The number of hydrogen-bond donors (Lipinski definition) is 0.